The summed E-state index contributed by atoms with van der Waals surface area (Å²) in [6, 6.07) is 3.66. The zero-order valence-electron chi connectivity index (χ0n) is 9.93. The van der Waals surface area contributed by atoms with Gasteiger partial charge in [0.2, 0.25) is 5.91 Å². The molecule has 1 aromatic heterocycles. The molecule has 0 spiro atoms. The maximum Gasteiger partial charge on any atom is 0.270 e. The van der Waals surface area contributed by atoms with Gasteiger partial charge in [0.15, 0.2) is 0 Å². The molecule has 0 atom stereocenters. The Morgan fingerprint density at radius 3 is 2.47 bits per heavy atom. The summed E-state index contributed by atoms with van der Waals surface area (Å²) in [5.41, 5.74) is 5.94. The minimum absolute atomic E-state index is 0.0282. The fourth-order valence-corrected chi connectivity index (χ4v) is 2.21. The van der Waals surface area contributed by atoms with Crippen LogP contribution in [0.3, 0.4) is 0 Å². The van der Waals surface area contributed by atoms with Crippen molar-refractivity contribution in [2.75, 3.05) is 13.1 Å². The summed E-state index contributed by atoms with van der Waals surface area (Å²) in [7, 11) is 1.85. The number of hydrogen-bond donors (Lipinski definition) is 1. The second kappa shape index (κ2) is 4.61. The van der Waals surface area contributed by atoms with E-state index in [-0.39, 0.29) is 17.7 Å². The number of aromatic nitrogens is 1. The molecule has 1 fully saturated rings. The van der Waals surface area contributed by atoms with E-state index in [4.69, 9.17) is 5.73 Å². The highest BCUT2D eigenvalue weighted by molar-refractivity contribution is 5.93. The molecule has 1 aromatic rings. The SMILES string of the molecule is Cn1cccc1C(=O)N1CCC(C(N)=O)CC1. The van der Waals surface area contributed by atoms with E-state index in [9.17, 15) is 9.59 Å². The second-order valence-electron chi connectivity index (χ2n) is 4.47. The Hall–Kier alpha value is -1.78. The van der Waals surface area contributed by atoms with Gasteiger partial charge in [-0.25, -0.2) is 0 Å². The molecule has 0 unspecified atom stereocenters. The summed E-state index contributed by atoms with van der Waals surface area (Å²) in [5.74, 6) is -0.302. The minimum Gasteiger partial charge on any atom is -0.369 e. The molecule has 0 bridgehead atoms. The van der Waals surface area contributed by atoms with Crippen LogP contribution in [0, 0.1) is 5.92 Å². The molecule has 0 aromatic carbocycles. The largest absolute Gasteiger partial charge is 0.369 e. The van der Waals surface area contributed by atoms with Gasteiger partial charge in [0, 0.05) is 32.3 Å². The molecule has 1 aliphatic heterocycles. The van der Waals surface area contributed by atoms with Crippen molar-refractivity contribution in [1.82, 2.24) is 9.47 Å². The molecule has 17 heavy (non-hydrogen) atoms. The first-order valence-electron chi connectivity index (χ1n) is 5.79. The second-order valence-corrected chi connectivity index (χ2v) is 4.47. The number of rotatable bonds is 2. The number of hydrogen-bond acceptors (Lipinski definition) is 2. The van der Waals surface area contributed by atoms with Gasteiger partial charge < -0.3 is 15.2 Å². The number of carbonyl (C=O) groups excluding carboxylic acids is 2. The van der Waals surface area contributed by atoms with Gasteiger partial charge in [-0.1, -0.05) is 0 Å². The first kappa shape index (κ1) is 11.7. The van der Waals surface area contributed by atoms with Crippen molar-refractivity contribution >= 4 is 11.8 Å². The van der Waals surface area contributed by atoms with Gasteiger partial charge in [0.05, 0.1) is 0 Å². The first-order chi connectivity index (χ1) is 8.09. The van der Waals surface area contributed by atoms with E-state index in [0.717, 1.165) is 0 Å². The number of nitrogens with two attached hydrogens (primary N) is 1. The van der Waals surface area contributed by atoms with Crippen molar-refractivity contribution in [2.24, 2.45) is 18.7 Å². The Kier molecular flexibility index (Phi) is 3.17. The third kappa shape index (κ3) is 2.33. The van der Waals surface area contributed by atoms with E-state index in [1.54, 1.807) is 4.90 Å². The quantitative estimate of drug-likeness (QED) is 0.804. The number of primary amides is 1. The number of piperidine rings is 1. The predicted molar refractivity (Wildman–Crippen MR) is 63.2 cm³/mol. The molecule has 0 radical (unpaired) electrons. The zero-order chi connectivity index (χ0) is 12.4. The molecule has 5 heteroatoms. The van der Waals surface area contributed by atoms with Crippen LogP contribution in [0.1, 0.15) is 23.3 Å². The van der Waals surface area contributed by atoms with Crippen LogP contribution < -0.4 is 5.73 Å². The number of aryl methyl sites for hydroxylation is 1. The highest BCUT2D eigenvalue weighted by atomic mass is 16.2. The molecular formula is C12H17N3O2. The monoisotopic (exact) mass is 235 g/mol. The Morgan fingerprint density at radius 2 is 2.00 bits per heavy atom. The van der Waals surface area contributed by atoms with Crippen LogP contribution in [0.5, 0.6) is 0 Å². The van der Waals surface area contributed by atoms with Gasteiger partial charge in [-0.05, 0) is 25.0 Å². The van der Waals surface area contributed by atoms with E-state index < -0.39 is 0 Å². The lowest BCUT2D eigenvalue weighted by Crippen LogP contribution is -2.42. The molecule has 2 amide bonds. The van der Waals surface area contributed by atoms with E-state index >= 15 is 0 Å². The first-order valence-corrected chi connectivity index (χ1v) is 5.79. The van der Waals surface area contributed by atoms with Crippen LogP contribution >= 0.6 is 0 Å². The van der Waals surface area contributed by atoms with Crippen molar-refractivity contribution in [2.45, 2.75) is 12.8 Å². The van der Waals surface area contributed by atoms with E-state index in [0.29, 0.717) is 31.6 Å². The maximum absolute atomic E-state index is 12.1. The van der Waals surface area contributed by atoms with E-state index in [1.807, 2.05) is 29.9 Å². The lowest BCUT2D eigenvalue weighted by molar-refractivity contribution is -0.123. The van der Waals surface area contributed by atoms with Gasteiger partial charge in [0.1, 0.15) is 5.69 Å². The van der Waals surface area contributed by atoms with Crippen molar-refractivity contribution in [1.29, 1.82) is 0 Å². The molecule has 1 saturated heterocycles. The molecule has 0 saturated carbocycles. The molecule has 2 rings (SSSR count). The van der Waals surface area contributed by atoms with Crippen LogP contribution in [-0.2, 0) is 11.8 Å². The smallest absolute Gasteiger partial charge is 0.270 e. The molecule has 0 aliphatic carbocycles. The Labute approximate surface area is 100 Å². The third-order valence-electron chi connectivity index (χ3n) is 3.35. The Balaban J connectivity index is 2.00. The fraction of sp³-hybridized carbons (Fsp3) is 0.500. The van der Waals surface area contributed by atoms with Crippen molar-refractivity contribution in [3.63, 3.8) is 0 Å². The molecule has 1 aliphatic rings. The fourth-order valence-electron chi connectivity index (χ4n) is 2.21. The summed E-state index contributed by atoms with van der Waals surface area (Å²) < 4.78 is 1.81. The predicted octanol–water partition coefficient (Wildman–Crippen LogP) is 0.363. The lowest BCUT2D eigenvalue weighted by Gasteiger charge is -2.30. The number of nitrogens with zero attached hydrogens (tertiary/aromatic N) is 2. The lowest BCUT2D eigenvalue weighted by atomic mass is 9.96. The Morgan fingerprint density at radius 1 is 1.35 bits per heavy atom. The van der Waals surface area contributed by atoms with Gasteiger partial charge in [0.25, 0.3) is 5.91 Å². The van der Waals surface area contributed by atoms with Crippen molar-refractivity contribution < 1.29 is 9.59 Å². The number of amides is 2. The van der Waals surface area contributed by atoms with Gasteiger partial charge >= 0.3 is 0 Å². The molecule has 2 N–H and O–H groups in total. The van der Waals surface area contributed by atoms with Crippen molar-refractivity contribution in [3.05, 3.63) is 24.0 Å². The summed E-state index contributed by atoms with van der Waals surface area (Å²) >= 11 is 0. The minimum atomic E-state index is -0.254. The average Bonchev–Trinajstić information content (AvgIpc) is 2.74. The maximum atomic E-state index is 12.1. The van der Waals surface area contributed by atoms with Gasteiger partial charge in [-0.15, -0.1) is 0 Å². The standard InChI is InChI=1S/C12H17N3O2/c1-14-6-2-3-10(14)12(17)15-7-4-9(5-8-15)11(13)16/h2-3,6,9H,4-5,7-8H2,1H3,(H2,13,16). The van der Waals surface area contributed by atoms with Crippen molar-refractivity contribution in [3.8, 4) is 0 Å². The number of likely N-dealkylation sites (tertiary alicyclic amines) is 1. The van der Waals surface area contributed by atoms with Crippen LogP contribution in [-0.4, -0.2) is 34.4 Å². The highest BCUT2D eigenvalue weighted by Crippen LogP contribution is 2.18. The summed E-state index contributed by atoms with van der Waals surface area (Å²) in [6.07, 6.45) is 3.19. The van der Waals surface area contributed by atoms with E-state index in [1.165, 1.54) is 0 Å². The molecule has 5 nitrogen and oxygen atoms in total. The average molecular weight is 235 g/mol. The van der Waals surface area contributed by atoms with Crippen LogP contribution in [0.15, 0.2) is 18.3 Å². The van der Waals surface area contributed by atoms with Crippen LogP contribution in [0.25, 0.3) is 0 Å². The summed E-state index contributed by atoms with van der Waals surface area (Å²) in [5, 5.41) is 0. The van der Waals surface area contributed by atoms with Gasteiger partial charge in [-0.3, -0.25) is 9.59 Å². The van der Waals surface area contributed by atoms with Crippen LogP contribution in [0.4, 0.5) is 0 Å². The van der Waals surface area contributed by atoms with Crippen LogP contribution in [0.2, 0.25) is 0 Å². The van der Waals surface area contributed by atoms with E-state index in [2.05, 4.69) is 0 Å². The highest BCUT2D eigenvalue weighted by Gasteiger charge is 2.27. The Bertz CT molecular complexity index is 431. The molecule has 2 heterocycles. The zero-order valence-corrected chi connectivity index (χ0v) is 9.93. The molecular weight excluding hydrogens is 218 g/mol. The third-order valence-corrected chi connectivity index (χ3v) is 3.35. The molecule has 92 valence electrons. The topological polar surface area (TPSA) is 68.3 Å². The number of carbonyl (C=O) groups is 2. The van der Waals surface area contributed by atoms with Gasteiger partial charge in [-0.2, -0.15) is 0 Å². The summed E-state index contributed by atoms with van der Waals surface area (Å²) in [4.78, 5) is 25.0. The summed E-state index contributed by atoms with van der Waals surface area (Å²) in [6.45, 7) is 1.22. The normalized spacial score (nSPS) is 17.1.